The molecule has 0 spiro atoms. The van der Waals surface area contributed by atoms with Crippen molar-refractivity contribution >= 4 is 17.5 Å². The van der Waals surface area contributed by atoms with Crippen LogP contribution < -0.4 is 10.1 Å². The van der Waals surface area contributed by atoms with Crippen LogP contribution in [0.4, 0.5) is 0 Å². The average molecular weight is 297 g/mol. The number of benzene rings is 1. The molecular formula is C15H21ClN2O2. The molecule has 1 amide bonds. The number of nitrogens with zero attached hydrogens (tertiary/aromatic N) is 1. The zero-order valence-corrected chi connectivity index (χ0v) is 12.6. The van der Waals surface area contributed by atoms with E-state index in [2.05, 4.69) is 5.32 Å². The summed E-state index contributed by atoms with van der Waals surface area (Å²) in [4.78, 5) is 13.9. The van der Waals surface area contributed by atoms with Gasteiger partial charge in [-0.3, -0.25) is 4.79 Å². The molecule has 1 aliphatic heterocycles. The SMILES string of the molecule is COc1ccc(CCCC(=O)N2CCNCC2)cc1Cl. The van der Waals surface area contributed by atoms with E-state index in [0.29, 0.717) is 17.2 Å². The van der Waals surface area contributed by atoms with Gasteiger partial charge in [-0.15, -0.1) is 0 Å². The number of halogens is 1. The Hall–Kier alpha value is -1.26. The molecule has 0 bridgehead atoms. The number of ether oxygens (including phenoxy) is 1. The second kappa shape index (κ2) is 7.50. The van der Waals surface area contributed by atoms with Crippen molar-refractivity contribution in [2.24, 2.45) is 0 Å². The highest BCUT2D eigenvalue weighted by Crippen LogP contribution is 2.25. The van der Waals surface area contributed by atoms with E-state index in [9.17, 15) is 4.79 Å². The maximum Gasteiger partial charge on any atom is 0.222 e. The molecule has 110 valence electrons. The van der Waals surface area contributed by atoms with Gasteiger partial charge in [-0.05, 0) is 30.5 Å². The average Bonchev–Trinajstić information content (AvgIpc) is 2.48. The first kappa shape index (κ1) is 15.1. The predicted molar refractivity (Wildman–Crippen MR) is 80.4 cm³/mol. The number of carbonyl (C=O) groups excluding carboxylic acids is 1. The molecule has 1 N–H and O–H groups in total. The molecule has 0 aliphatic carbocycles. The van der Waals surface area contributed by atoms with Crippen molar-refractivity contribution in [3.63, 3.8) is 0 Å². The van der Waals surface area contributed by atoms with Gasteiger partial charge in [0.1, 0.15) is 5.75 Å². The highest BCUT2D eigenvalue weighted by molar-refractivity contribution is 6.32. The van der Waals surface area contributed by atoms with Gasteiger partial charge in [0.05, 0.1) is 12.1 Å². The topological polar surface area (TPSA) is 41.6 Å². The molecule has 4 nitrogen and oxygen atoms in total. The Bertz CT molecular complexity index is 459. The first-order valence-electron chi connectivity index (χ1n) is 7.01. The van der Waals surface area contributed by atoms with Crippen molar-refractivity contribution in [2.75, 3.05) is 33.3 Å². The Morgan fingerprint density at radius 2 is 2.15 bits per heavy atom. The second-order valence-corrected chi connectivity index (χ2v) is 5.36. The standard InChI is InChI=1S/C15H21ClN2O2/c1-20-14-6-5-12(11-13(14)16)3-2-4-15(19)18-9-7-17-8-10-18/h5-6,11,17H,2-4,7-10H2,1H3. The number of piperazine rings is 1. The molecule has 1 aromatic rings. The van der Waals surface area contributed by atoms with E-state index in [1.54, 1.807) is 7.11 Å². The lowest BCUT2D eigenvalue weighted by Gasteiger charge is -2.27. The number of nitrogens with one attached hydrogen (secondary N) is 1. The summed E-state index contributed by atoms with van der Waals surface area (Å²) < 4.78 is 5.12. The number of carbonyl (C=O) groups is 1. The number of hydrogen-bond acceptors (Lipinski definition) is 3. The van der Waals surface area contributed by atoms with Gasteiger partial charge in [0, 0.05) is 32.6 Å². The van der Waals surface area contributed by atoms with Crippen LogP contribution in [0.1, 0.15) is 18.4 Å². The Kier molecular flexibility index (Phi) is 5.68. The maximum absolute atomic E-state index is 12.0. The molecule has 0 atom stereocenters. The fraction of sp³-hybridized carbons (Fsp3) is 0.533. The van der Waals surface area contributed by atoms with Gasteiger partial charge >= 0.3 is 0 Å². The number of hydrogen-bond donors (Lipinski definition) is 1. The van der Waals surface area contributed by atoms with E-state index in [1.165, 1.54) is 0 Å². The van der Waals surface area contributed by atoms with Crippen molar-refractivity contribution < 1.29 is 9.53 Å². The molecule has 5 heteroatoms. The Morgan fingerprint density at radius 3 is 2.80 bits per heavy atom. The van der Waals surface area contributed by atoms with Crippen molar-refractivity contribution in [1.82, 2.24) is 10.2 Å². The molecule has 0 radical (unpaired) electrons. The minimum Gasteiger partial charge on any atom is -0.495 e. The Balaban J connectivity index is 1.77. The van der Waals surface area contributed by atoms with Crippen LogP contribution in [0.15, 0.2) is 18.2 Å². The van der Waals surface area contributed by atoms with Crippen LogP contribution in [-0.2, 0) is 11.2 Å². The van der Waals surface area contributed by atoms with Crippen molar-refractivity contribution in [3.8, 4) is 5.75 Å². The van der Waals surface area contributed by atoms with E-state index in [-0.39, 0.29) is 5.91 Å². The fourth-order valence-corrected chi connectivity index (χ4v) is 2.66. The summed E-state index contributed by atoms with van der Waals surface area (Å²) in [6.07, 6.45) is 2.32. The largest absolute Gasteiger partial charge is 0.495 e. The number of amides is 1. The van der Waals surface area contributed by atoms with Gasteiger partial charge in [-0.25, -0.2) is 0 Å². The molecule has 1 saturated heterocycles. The van der Waals surface area contributed by atoms with Crippen LogP contribution >= 0.6 is 11.6 Å². The van der Waals surface area contributed by atoms with Crippen LogP contribution in [0.5, 0.6) is 5.75 Å². The van der Waals surface area contributed by atoms with E-state index in [4.69, 9.17) is 16.3 Å². The summed E-state index contributed by atoms with van der Waals surface area (Å²) in [6, 6.07) is 5.78. The second-order valence-electron chi connectivity index (χ2n) is 4.95. The number of methoxy groups -OCH3 is 1. The van der Waals surface area contributed by atoms with Gasteiger partial charge in [0.15, 0.2) is 0 Å². The van der Waals surface area contributed by atoms with Gasteiger partial charge in [0.25, 0.3) is 0 Å². The lowest BCUT2D eigenvalue weighted by atomic mass is 10.1. The molecule has 1 fully saturated rings. The molecule has 2 rings (SSSR count). The van der Waals surface area contributed by atoms with Crippen LogP contribution in [0, 0.1) is 0 Å². The van der Waals surface area contributed by atoms with Crippen LogP contribution in [-0.4, -0.2) is 44.1 Å². The minimum absolute atomic E-state index is 0.256. The third-order valence-electron chi connectivity index (χ3n) is 3.54. The lowest BCUT2D eigenvalue weighted by molar-refractivity contribution is -0.131. The zero-order valence-electron chi connectivity index (χ0n) is 11.8. The summed E-state index contributed by atoms with van der Waals surface area (Å²) in [5.74, 6) is 0.943. The summed E-state index contributed by atoms with van der Waals surface area (Å²) in [5, 5.41) is 3.87. The molecule has 0 unspecified atom stereocenters. The van der Waals surface area contributed by atoms with Gasteiger partial charge in [-0.1, -0.05) is 17.7 Å². The summed E-state index contributed by atoms with van der Waals surface area (Å²) in [7, 11) is 1.60. The van der Waals surface area contributed by atoms with E-state index < -0.39 is 0 Å². The molecule has 1 aromatic carbocycles. The van der Waals surface area contributed by atoms with Crippen molar-refractivity contribution in [1.29, 1.82) is 0 Å². The van der Waals surface area contributed by atoms with E-state index >= 15 is 0 Å². The zero-order chi connectivity index (χ0) is 14.4. The monoisotopic (exact) mass is 296 g/mol. The summed E-state index contributed by atoms with van der Waals surface area (Å²) in [6.45, 7) is 3.46. The third kappa shape index (κ3) is 4.12. The smallest absolute Gasteiger partial charge is 0.222 e. The molecule has 1 aliphatic rings. The van der Waals surface area contributed by atoms with Crippen molar-refractivity contribution in [2.45, 2.75) is 19.3 Å². The van der Waals surface area contributed by atoms with E-state index in [1.807, 2.05) is 23.1 Å². The van der Waals surface area contributed by atoms with Crippen LogP contribution in [0.2, 0.25) is 5.02 Å². The quantitative estimate of drug-likeness (QED) is 0.905. The number of aryl methyl sites for hydroxylation is 1. The fourth-order valence-electron chi connectivity index (χ4n) is 2.38. The molecule has 0 aromatic heterocycles. The molecular weight excluding hydrogens is 276 g/mol. The third-order valence-corrected chi connectivity index (χ3v) is 3.84. The maximum atomic E-state index is 12.0. The summed E-state index contributed by atoms with van der Waals surface area (Å²) >= 11 is 6.09. The van der Waals surface area contributed by atoms with Gasteiger partial charge < -0.3 is 15.0 Å². The molecule has 1 heterocycles. The predicted octanol–water partition coefficient (Wildman–Crippen LogP) is 2.10. The first-order chi connectivity index (χ1) is 9.70. The van der Waals surface area contributed by atoms with E-state index in [0.717, 1.165) is 44.6 Å². The summed E-state index contributed by atoms with van der Waals surface area (Å²) in [5.41, 5.74) is 1.14. The van der Waals surface area contributed by atoms with Crippen LogP contribution in [0.25, 0.3) is 0 Å². The number of rotatable bonds is 5. The molecule has 0 saturated carbocycles. The highest BCUT2D eigenvalue weighted by Gasteiger charge is 2.15. The minimum atomic E-state index is 0.256. The van der Waals surface area contributed by atoms with Gasteiger partial charge in [0.2, 0.25) is 5.91 Å². The van der Waals surface area contributed by atoms with Crippen molar-refractivity contribution in [3.05, 3.63) is 28.8 Å². The highest BCUT2D eigenvalue weighted by atomic mass is 35.5. The lowest BCUT2D eigenvalue weighted by Crippen LogP contribution is -2.46. The van der Waals surface area contributed by atoms with Crippen LogP contribution in [0.3, 0.4) is 0 Å². The molecule has 20 heavy (non-hydrogen) atoms. The Labute approximate surface area is 125 Å². The van der Waals surface area contributed by atoms with Gasteiger partial charge in [-0.2, -0.15) is 0 Å². The Morgan fingerprint density at radius 1 is 1.40 bits per heavy atom. The first-order valence-corrected chi connectivity index (χ1v) is 7.39. The normalized spacial score (nSPS) is 15.2.